The number of aromatic nitrogens is 2. The van der Waals surface area contributed by atoms with Crippen LogP contribution in [0.15, 0.2) is 34.2 Å². The average molecular weight is 343 g/mol. The molecule has 2 aliphatic heterocycles. The number of ether oxygens (including phenoxy) is 1. The normalized spacial score (nSPS) is 16.5. The van der Waals surface area contributed by atoms with Gasteiger partial charge in [0, 0.05) is 31.8 Å². The Bertz CT molecular complexity index is 795. The van der Waals surface area contributed by atoms with E-state index in [0.29, 0.717) is 6.42 Å². The first-order valence-electron chi connectivity index (χ1n) is 8.40. The Morgan fingerprint density at radius 2 is 1.92 bits per heavy atom. The molecule has 0 bridgehead atoms. The SMILES string of the molecule is COc1ccc(Cc2c(N3CCCC3)nc3n(c2=O)CCS3)cc1. The summed E-state index contributed by atoms with van der Waals surface area (Å²) in [4.78, 5) is 20.2. The maximum Gasteiger partial charge on any atom is 0.259 e. The van der Waals surface area contributed by atoms with Crippen LogP contribution in [0.2, 0.25) is 0 Å². The van der Waals surface area contributed by atoms with E-state index >= 15 is 0 Å². The van der Waals surface area contributed by atoms with E-state index in [1.54, 1.807) is 18.9 Å². The molecule has 0 amide bonds. The molecular weight excluding hydrogens is 322 g/mol. The lowest BCUT2D eigenvalue weighted by atomic mass is 10.1. The highest BCUT2D eigenvalue weighted by Gasteiger charge is 2.25. The lowest BCUT2D eigenvalue weighted by Gasteiger charge is -2.21. The van der Waals surface area contributed by atoms with Gasteiger partial charge in [-0.25, -0.2) is 4.98 Å². The second kappa shape index (κ2) is 6.51. The summed E-state index contributed by atoms with van der Waals surface area (Å²) in [6, 6.07) is 7.94. The van der Waals surface area contributed by atoms with E-state index in [9.17, 15) is 4.79 Å². The molecule has 0 unspecified atom stereocenters. The minimum atomic E-state index is 0.128. The van der Waals surface area contributed by atoms with E-state index in [1.807, 2.05) is 28.8 Å². The Hall–Kier alpha value is -1.95. The first-order valence-corrected chi connectivity index (χ1v) is 9.39. The van der Waals surface area contributed by atoms with E-state index < -0.39 is 0 Å². The smallest absolute Gasteiger partial charge is 0.259 e. The minimum Gasteiger partial charge on any atom is -0.497 e. The third-order valence-electron chi connectivity index (χ3n) is 4.70. The first-order chi connectivity index (χ1) is 11.8. The molecule has 1 aromatic heterocycles. The Balaban J connectivity index is 1.75. The number of rotatable bonds is 4. The second-order valence-corrected chi connectivity index (χ2v) is 7.28. The van der Waals surface area contributed by atoms with Crippen LogP contribution < -0.4 is 15.2 Å². The zero-order valence-electron chi connectivity index (χ0n) is 13.8. The van der Waals surface area contributed by atoms with Gasteiger partial charge in [0.1, 0.15) is 11.6 Å². The van der Waals surface area contributed by atoms with Gasteiger partial charge in [-0.1, -0.05) is 23.9 Å². The van der Waals surface area contributed by atoms with Crippen LogP contribution in [0.25, 0.3) is 0 Å². The third kappa shape index (κ3) is 2.79. The molecule has 2 aliphatic rings. The van der Waals surface area contributed by atoms with Gasteiger partial charge in [-0.3, -0.25) is 9.36 Å². The molecule has 0 N–H and O–H groups in total. The maximum atomic E-state index is 13.0. The summed E-state index contributed by atoms with van der Waals surface area (Å²) >= 11 is 1.68. The Labute approximate surface area is 145 Å². The molecule has 6 heteroatoms. The van der Waals surface area contributed by atoms with Crippen LogP contribution in [-0.4, -0.2) is 35.5 Å². The first kappa shape index (κ1) is 15.6. The second-order valence-electron chi connectivity index (χ2n) is 6.22. The molecule has 1 aromatic carbocycles. The maximum absolute atomic E-state index is 13.0. The van der Waals surface area contributed by atoms with Crippen molar-refractivity contribution in [1.82, 2.24) is 9.55 Å². The summed E-state index contributed by atoms with van der Waals surface area (Å²) in [6.45, 7) is 2.76. The molecular formula is C18H21N3O2S. The lowest BCUT2D eigenvalue weighted by Crippen LogP contribution is -2.30. The summed E-state index contributed by atoms with van der Waals surface area (Å²) in [5.74, 6) is 2.67. The van der Waals surface area contributed by atoms with Gasteiger partial charge >= 0.3 is 0 Å². The van der Waals surface area contributed by atoms with Gasteiger partial charge in [-0.15, -0.1) is 0 Å². The Morgan fingerprint density at radius 1 is 1.17 bits per heavy atom. The largest absolute Gasteiger partial charge is 0.497 e. The summed E-state index contributed by atoms with van der Waals surface area (Å²) in [7, 11) is 1.66. The number of hydrogen-bond donors (Lipinski definition) is 0. The molecule has 0 aliphatic carbocycles. The van der Waals surface area contributed by atoms with E-state index in [4.69, 9.17) is 9.72 Å². The van der Waals surface area contributed by atoms with Crippen LogP contribution in [0.1, 0.15) is 24.0 Å². The summed E-state index contributed by atoms with van der Waals surface area (Å²) in [5, 5.41) is 0.875. The lowest BCUT2D eigenvalue weighted by molar-refractivity contribution is 0.414. The van der Waals surface area contributed by atoms with Crippen LogP contribution in [0.3, 0.4) is 0 Å². The number of thioether (sulfide) groups is 1. The van der Waals surface area contributed by atoms with Crippen LogP contribution in [0, 0.1) is 0 Å². The number of nitrogens with zero attached hydrogens (tertiary/aromatic N) is 3. The Morgan fingerprint density at radius 3 is 2.62 bits per heavy atom. The van der Waals surface area contributed by atoms with Crippen molar-refractivity contribution in [2.24, 2.45) is 0 Å². The van der Waals surface area contributed by atoms with Gasteiger partial charge in [0.2, 0.25) is 0 Å². The molecule has 4 rings (SSSR count). The summed E-state index contributed by atoms with van der Waals surface area (Å²) in [5.41, 5.74) is 2.07. The number of methoxy groups -OCH3 is 1. The highest BCUT2D eigenvalue weighted by atomic mass is 32.2. The highest BCUT2D eigenvalue weighted by molar-refractivity contribution is 7.99. The number of benzene rings is 1. The average Bonchev–Trinajstić information content (AvgIpc) is 3.29. The molecule has 0 saturated carbocycles. The molecule has 0 atom stereocenters. The fourth-order valence-electron chi connectivity index (χ4n) is 3.39. The van der Waals surface area contributed by atoms with Crippen LogP contribution in [0.5, 0.6) is 5.75 Å². The monoisotopic (exact) mass is 343 g/mol. The topological polar surface area (TPSA) is 47.4 Å². The van der Waals surface area contributed by atoms with Gasteiger partial charge in [0.25, 0.3) is 5.56 Å². The van der Waals surface area contributed by atoms with Crippen molar-refractivity contribution in [3.63, 3.8) is 0 Å². The number of anilines is 1. The molecule has 0 radical (unpaired) electrons. The van der Waals surface area contributed by atoms with E-state index in [-0.39, 0.29) is 5.56 Å². The minimum absolute atomic E-state index is 0.128. The van der Waals surface area contributed by atoms with Crippen molar-refractivity contribution in [2.75, 3.05) is 30.9 Å². The molecule has 5 nitrogen and oxygen atoms in total. The van der Waals surface area contributed by atoms with E-state index in [0.717, 1.165) is 53.2 Å². The fourth-order valence-corrected chi connectivity index (χ4v) is 4.33. The van der Waals surface area contributed by atoms with Crippen molar-refractivity contribution < 1.29 is 4.74 Å². The van der Waals surface area contributed by atoms with Gasteiger partial charge in [0.15, 0.2) is 5.16 Å². The predicted molar refractivity (Wildman–Crippen MR) is 96.5 cm³/mol. The third-order valence-corrected chi connectivity index (χ3v) is 5.65. The fraction of sp³-hybridized carbons (Fsp3) is 0.444. The molecule has 1 fully saturated rings. The van der Waals surface area contributed by atoms with Crippen molar-refractivity contribution in [3.8, 4) is 5.75 Å². The molecule has 2 aromatic rings. The summed E-state index contributed by atoms with van der Waals surface area (Å²) < 4.78 is 7.06. The van der Waals surface area contributed by atoms with Crippen molar-refractivity contribution in [1.29, 1.82) is 0 Å². The standard InChI is InChI=1S/C18H21N3O2S/c1-23-14-6-4-13(5-7-14)12-15-16(20-8-2-3-9-20)19-18-21(17(15)22)10-11-24-18/h4-7H,2-3,8-12H2,1H3. The number of hydrogen-bond acceptors (Lipinski definition) is 5. The molecule has 1 saturated heterocycles. The zero-order valence-corrected chi connectivity index (χ0v) is 14.6. The van der Waals surface area contributed by atoms with Gasteiger partial charge in [-0.2, -0.15) is 0 Å². The van der Waals surface area contributed by atoms with Gasteiger partial charge in [-0.05, 0) is 30.5 Å². The Kier molecular flexibility index (Phi) is 4.22. The van der Waals surface area contributed by atoms with E-state index in [2.05, 4.69) is 4.90 Å². The van der Waals surface area contributed by atoms with Crippen LogP contribution in [0.4, 0.5) is 5.82 Å². The predicted octanol–water partition coefficient (Wildman–Crippen LogP) is 2.55. The zero-order chi connectivity index (χ0) is 16.5. The highest BCUT2D eigenvalue weighted by Crippen LogP contribution is 2.29. The van der Waals surface area contributed by atoms with Crippen LogP contribution >= 0.6 is 11.8 Å². The van der Waals surface area contributed by atoms with Crippen molar-refractivity contribution in [3.05, 3.63) is 45.7 Å². The molecule has 3 heterocycles. The quantitative estimate of drug-likeness (QED) is 0.799. The van der Waals surface area contributed by atoms with Crippen molar-refractivity contribution in [2.45, 2.75) is 31.0 Å². The molecule has 126 valence electrons. The number of fused-ring (bicyclic) bond motifs is 1. The molecule has 24 heavy (non-hydrogen) atoms. The van der Waals surface area contributed by atoms with Crippen molar-refractivity contribution >= 4 is 17.6 Å². The van der Waals surface area contributed by atoms with E-state index in [1.165, 1.54) is 12.8 Å². The van der Waals surface area contributed by atoms with Gasteiger partial charge in [0.05, 0.1) is 12.7 Å². The molecule has 0 spiro atoms. The van der Waals surface area contributed by atoms with Crippen LogP contribution in [-0.2, 0) is 13.0 Å². The summed E-state index contributed by atoms with van der Waals surface area (Å²) in [6.07, 6.45) is 2.97. The van der Waals surface area contributed by atoms with Gasteiger partial charge < -0.3 is 9.64 Å².